The molecule has 0 aliphatic heterocycles. The Bertz CT molecular complexity index is 75.5. The Morgan fingerprint density at radius 3 is 2.00 bits per heavy atom. The lowest BCUT2D eigenvalue weighted by atomic mass is 9.89. The van der Waals surface area contributed by atoms with Crippen molar-refractivity contribution in [3.63, 3.8) is 0 Å². The zero-order chi connectivity index (χ0) is 7.49. The van der Waals surface area contributed by atoms with E-state index in [4.69, 9.17) is 5.11 Å². The lowest BCUT2D eigenvalue weighted by Crippen LogP contribution is -2.22. The van der Waals surface area contributed by atoms with Crippen LogP contribution in [0.1, 0.15) is 27.2 Å². The van der Waals surface area contributed by atoms with Crippen LogP contribution in [0.3, 0.4) is 0 Å². The van der Waals surface area contributed by atoms with Crippen LogP contribution < -0.4 is 0 Å². The molecule has 1 atom stereocenters. The van der Waals surface area contributed by atoms with Gasteiger partial charge in [-0.25, -0.2) is 4.39 Å². The summed E-state index contributed by atoms with van der Waals surface area (Å²) in [6, 6.07) is 0. The molecule has 56 valence electrons. The van der Waals surface area contributed by atoms with E-state index in [2.05, 4.69) is 0 Å². The normalized spacial score (nSPS) is 15.7. The minimum Gasteiger partial charge on any atom is -0.396 e. The smallest absolute Gasteiger partial charge is 0.107 e. The number of rotatable bonds is 2. The second-order valence-electron chi connectivity index (χ2n) is 3.35. The standard InChI is InChI=1S/C7H15FO/c1-7(2,3)6(8)4-5-9/h6,9H,4-5H2,1-3H3. The quantitative estimate of drug-likeness (QED) is 0.610. The van der Waals surface area contributed by atoms with Crippen molar-refractivity contribution < 1.29 is 9.50 Å². The fourth-order valence-corrected chi connectivity index (χ4v) is 0.546. The van der Waals surface area contributed by atoms with E-state index in [9.17, 15) is 4.39 Å². The summed E-state index contributed by atoms with van der Waals surface area (Å²) >= 11 is 0. The number of halogens is 1. The van der Waals surface area contributed by atoms with Crippen molar-refractivity contribution in [1.82, 2.24) is 0 Å². The van der Waals surface area contributed by atoms with Gasteiger partial charge >= 0.3 is 0 Å². The monoisotopic (exact) mass is 134 g/mol. The van der Waals surface area contributed by atoms with Gasteiger partial charge in [0.2, 0.25) is 0 Å². The Morgan fingerprint density at radius 1 is 1.44 bits per heavy atom. The van der Waals surface area contributed by atoms with E-state index < -0.39 is 6.17 Å². The molecule has 0 radical (unpaired) electrons. The number of aliphatic hydroxyl groups excluding tert-OH is 1. The fraction of sp³-hybridized carbons (Fsp3) is 1.00. The first-order valence-corrected chi connectivity index (χ1v) is 3.23. The van der Waals surface area contributed by atoms with Crippen LogP contribution in [-0.2, 0) is 0 Å². The van der Waals surface area contributed by atoms with Crippen LogP contribution in [0, 0.1) is 5.41 Å². The molecule has 0 rings (SSSR count). The van der Waals surface area contributed by atoms with Crippen LogP contribution in [0.15, 0.2) is 0 Å². The van der Waals surface area contributed by atoms with E-state index in [0.717, 1.165) is 0 Å². The van der Waals surface area contributed by atoms with Crippen LogP contribution >= 0.6 is 0 Å². The molecule has 1 unspecified atom stereocenters. The van der Waals surface area contributed by atoms with Gasteiger partial charge in [0.1, 0.15) is 6.17 Å². The zero-order valence-corrected chi connectivity index (χ0v) is 6.32. The van der Waals surface area contributed by atoms with Gasteiger partial charge in [-0.1, -0.05) is 20.8 Å². The van der Waals surface area contributed by atoms with Gasteiger partial charge in [-0.3, -0.25) is 0 Å². The first-order chi connectivity index (χ1) is 3.98. The van der Waals surface area contributed by atoms with Crippen molar-refractivity contribution in [1.29, 1.82) is 0 Å². The zero-order valence-electron chi connectivity index (χ0n) is 6.32. The molecule has 2 heteroatoms. The lowest BCUT2D eigenvalue weighted by Gasteiger charge is -2.22. The summed E-state index contributed by atoms with van der Waals surface area (Å²) in [5.74, 6) is 0. The lowest BCUT2D eigenvalue weighted by molar-refractivity contribution is 0.123. The third-order valence-corrected chi connectivity index (χ3v) is 1.32. The highest BCUT2D eigenvalue weighted by Crippen LogP contribution is 2.24. The molecule has 0 fully saturated rings. The van der Waals surface area contributed by atoms with E-state index in [1.54, 1.807) is 0 Å². The Kier molecular flexibility index (Phi) is 3.12. The van der Waals surface area contributed by atoms with E-state index in [-0.39, 0.29) is 18.4 Å². The molecule has 0 saturated carbocycles. The van der Waals surface area contributed by atoms with Crippen molar-refractivity contribution in [2.24, 2.45) is 5.41 Å². The highest BCUT2D eigenvalue weighted by molar-refractivity contribution is 4.72. The van der Waals surface area contributed by atoms with Gasteiger partial charge in [-0.2, -0.15) is 0 Å². The van der Waals surface area contributed by atoms with Gasteiger partial charge in [-0.15, -0.1) is 0 Å². The molecule has 1 nitrogen and oxygen atoms in total. The topological polar surface area (TPSA) is 20.2 Å². The average Bonchev–Trinajstić information content (AvgIpc) is 1.64. The molecule has 0 saturated heterocycles. The first kappa shape index (κ1) is 8.89. The maximum atomic E-state index is 12.8. The predicted octanol–water partition coefficient (Wildman–Crippen LogP) is 1.75. The minimum absolute atomic E-state index is 0.0571. The van der Waals surface area contributed by atoms with Gasteiger partial charge in [0, 0.05) is 13.0 Å². The van der Waals surface area contributed by atoms with Gasteiger partial charge in [-0.05, 0) is 5.41 Å². The fourth-order valence-electron chi connectivity index (χ4n) is 0.546. The molecule has 0 heterocycles. The maximum Gasteiger partial charge on any atom is 0.107 e. The van der Waals surface area contributed by atoms with Crippen molar-refractivity contribution in [2.75, 3.05) is 6.61 Å². The molecule has 0 aromatic heterocycles. The molecule has 0 aliphatic carbocycles. The van der Waals surface area contributed by atoms with E-state index in [1.165, 1.54) is 0 Å². The van der Waals surface area contributed by atoms with Crippen molar-refractivity contribution >= 4 is 0 Å². The Hall–Kier alpha value is -0.110. The van der Waals surface area contributed by atoms with Gasteiger partial charge < -0.3 is 5.11 Å². The first-order valence-electron chi connectivity index (χ1n) is 3.23. The second-order valence-corrected chi connectivity index (χ2v) is 3.35. The third-order valence-electron chi connectivity index (χ3n) is 1.32. The average molecular weight is 134 g/mol. The summed E-state index contributed by atoms with van der Waals surface area (Å²) in [5, 5.41) is 8.36. The van der Waals surface area contributed by atoms with Crippen LogP contribution in [-0.4, -0.2) is 17.9 Å². The molecular weight excluding hydrogens is 119 g/mol. The van der Waals surface area contributed by atoms with Crippen LogP contribution in [0.2, 0.25) is 0 Å². The summed E-state index contributed by atoms with van der Waals surface area (Å²) in [4.78, 5) is 0. The number of hydrogen-bond acceptors (Lipinski definition) is 1. The Morgan fingerprint density at radius 2 is 1.89 bits per heavy atom. The van der Waals surface area contributed by atoms with Crippen LogP contribution in [0.4, 0.5) is 4.39 Å². The Labute approximate surface area is 55.9 Å². The molecule has 9 heavy (non-hydrogen) atoms. The third kappa shape index (κ3) is 3.46. The molecule has 0 aliphatic rings. The molecular formula is C7H15FO. The van der Waals surface area contributed by atoms with Gasteiger partial charge in [0.15, 0.2) is 0 Å². The molecule has 1 N–H and O–H groups in total. The molecule has 0 amide bonds. The highest BCUT2D eigenvalue weighted by atomic mass is 19.1. The molecule has 0 spiro atoms. The van der Waals surface area contributed by atoms with Crippen molar-refractivity contribution in [3.8, 4) is 0 Å². The molecule has 0 aromatic carbocycles. The Balaban J connectivity index is 3.59. The SMILES string of the molecule is CC(C)(C)C(F)CCO. The number of hydrogen-bond donors (Lipinski definition) is 1. The van der Waals surface area contributed by atoms with E-state index in [0.29, 0.717) is 0 Å². The minimum atomic E-state index is -0.887. The number of alkyl halides is 1. The molecule has 0 aromatic rings. The summed E-state index contributed by atoms with van der Waals surface area (Å²) < 4.78 is 12.8. The predicted molar refractivity (Wildman–Crippen MR) is 36.1 cm³/mol. The van der Waals surface area contributed by atoms with Gasteiger partial charge in [0.25, 0.3) is 0 Å². The molecule has 0 bridgehead atoms. The largest absolute Gasteiger partial charge is 0.396 e. The number of aliphatic hydroxyl groups is 1. The highest BCUT2D eigenvalue weighted by Gasteiger charge is 2.22. The second kappa shape index (κ2) is 3.16. The summed E-state index contributed by atoms with van der Waals surface area (Å²) in [5.41, 5.74) is -0.317. The summed E-state index contributed by atoms with van der Waals surface area (Å²) in [7, 11) is 0. The van der Waals surface area contributed by atoms with Crippen molar-refractivity contribution in [3.05, 3.63) is 0 Å². The maximum absolute atomic E-state index is 12.8. The van der Waals surface area contributed by atoms with Crippen molar-refractivity contribution in [2.45, 2.75) is 33.4 Å². The summed E-state index contributed by atoms with van der Waals surface area (Å²) in [6.45, 7) is 5.42. The van der Waals surface area contributed by atoms with Crippen LogP contribution in [0.25, 0.3) is 0 Å². The van der Waals surface area contributed by atoms with Crippen LogP contribution in [0.5, 0.6) is 0 Å². The van der Waals surface area contributed by atoms with Gasteiger partial charge in [0.05, 0.1) is 0 Å². The van der Waals surface area contributed by atoms with E-state index >= 15 is 0 Å². The summed E-state index contributed by atoms with van der Waals surface area (Å²) in [6.07, 6.45) is -0.633. The van der Waals surface area contributed by atoms with E-state index in [1.807, 2.05) is 20.8 Å².